The summed E-state index contributed by atoms with van der Waals surface area (Å²) in [5.41, 5.74) is 4.01. The molecule has 2 rings (SSSR count). The standard InChI is InChI=1S/C37H58F2N4O2S/c1-9-19-37(6,39)20-22-43(21-11-12-29(5)46(8,44,45)36(26-41)42-7)35(10-2)34-24-31(25-40)33(23-28(34)4)27(3)13-14-30-15-17-32(38)18-16-30/h15-18,23-27,29,35,40-41H,9-14,19-22H2,1-8H3,(H,44,45)/t27-,29?,35?,37?/m0/s1. The fourth-order valence-electron chi connectivity index (χ4n) is 6.48. The Morgan fingerprint density at radius 2 is 1.74 bits per heavy atom. The first kappa shape index (κ1) is 39.6. The van der Waals surface area contributed by atoms with Crippen molar-refractivity contribution in [3.8, 4) is 0 Å². The van der Waals surface area contributed by atoms with E-state index < -0.39 is 20.3 Å². The molecule has 9 heteroatoms. The molecule has 0 heterocycles. The van der Waals surface area contributed by atoms with E-state index in [1.165, 1.54) is 31.7 Å². The molecule has 3 unspecified atom stereocenters. The molecule has 46 heavy (non-hydrogen) atoms. The van der Waals surface area contributed by atoms with Crippen molar-refractivity contribution in [2.24, 2.45) is 4.99 Å². The molecule has 4 atom stereocenters. The van der Waals surface area contributed by atoms with Crippen LogP contribution in [0.3, 0.4) is 0 Å². The van der Waals surface area contributed by atoms with Crippen LogP contribution in [0.5, 0.6) is 0 Å². The van der Waals surface area contributed by atoms with E-state index in [1.54, 1.807) is 13.8 Å². The molecule has 6 nitrogen and oxygen atoms in total. The van der Waals surface area contributed by atoms with Crippen molar-refractivity contribution in [2.45, 2.75) is 116 Å². The van der Waals surface area contributed by atoms with E-state index >= 15 is 4.39 Å². The number of nitrogens with zero attached hydrogens (tertiary/aromatic N) is 2. The number of hydrogen-bond acceptors (Lipinski definition) is 5. The highest BCUT2D eigenvalue weighted by Gasteiger charge is 2.34. The second kappa shape index (κ2) is 17.0. The van der Waals surface area contributed by atoms with Crippen LogP contribution in [0, 0.1) is 23.6 Å². The zero-order valence-electron chi connectivity index (χ0n) is 29.3. The van der Waals surface area contributed by atoms with Gasteiger partial charge >= 0.3 is 0 Å². The van der Waals surface area contributed by atoms with Crippen LogP contribution in [0.4, 0.5) is 8.78 Å². The summed E-state index contributed by atoms with van der Waals surface area (Å²) in [6, 6.07) is 10.9. The van der Waals surface area contributed by atoms with Gasteiger partial charge in [0.05, 0.1) is 6.21 Å². The number of hydrogen-bond donors (Lipinski definition) is 3. The van der Waals surface area contributed by atoms with Crippen molar-refractivity contribution >= 4 is 26.8 Å². The Bertz CT molecular complexity index is 1400. The van der Waals surface area contributed by atoms with Crippen LogP contribution in [0.25, 0.3) is 0 Å². The molecule has 0 bridgehead atoms. The molecule has 258 valence electrons. The van der Waals surface area contributed by atoms with Crippen LogP contribution < -0.4 is 0 Å². The maximum absolute atomic E-state index is 15.4. The van der Waals surface area contributed by atoms with Gasteiger partial charge in [0.15, 0.2) is 5.04 Å². The average Bonchev–Trinajstić information content (AvgIpc) is 2.99. The van der Waals surface area contributed by atoms with Crippen molar-refractivity contribution in [1.82, 2.24) is 4.90 Å². The summed E-state index contributed by atoms with van der Waals surface area (Å²) in [6.07, 6.45) is 8.78. The number of alkyl halides is 1. The zero-order chi connectivity index (χ0) is 34.7. The van der Waals surface area contributed by atoms with Gasteiger partial charge in [-0.3, -0.25) is 14.4 Å². The number of aryl methyl sites for hydroxylation is 2. The molecule has 0 aliphatic carbocycles. The minimum absolute atomic E-state index is 0.0133. The molecule has 0 fully saturated rings. The second-order valence-corrected chi connectivity index (χ2v) is 17.4. The first-order valence-electron chi connectivity index (χ1n) is 16.7. The molecule has 0 spiro atoms. The molecule has 2 aromatic rings. The van der Waals surface area contributed by atoms with Gasteiger partial charge < -0.3 is 10.8 Å². The van der Waals surface area contributed by atoms with Crippen molar-refractivity contribution in [1.29, 1.82) is 10.8 Å². The summed E-state index contributed by atoms with van der Waals surface area (Å²) in [4.78, 5) is 6.23. The summed E-state index contributed by atoms with van der Waals surface area (Å²) >= 11 is 0. The van der Waals surface area contributed by atoms with E-state index in [0.29, 0.717) is 38.8 Å². The Hall–Kier alpha value is -2.62. The minimum atomic E-state index is -4.30. The van der Waals surface area contributed by atoms with Crippen molar-refractivity contribution in [3.05, 3.63) is 70.0 Å². The van der Waals surface area contributed by atoms with E-state index in [1.807, 2.05) is 19.1 Å². The predicted molar refractivity (Wildman–Crippen MR) is 193 cm³/mol. The quantitative estimate of drug-likeness (QED) is 0.103. The highest BCUT2D eigenvalue weighted by atomic mass is 32.3. The maximum atomic E-state index is 15.4. The third kappa shape index (κ3) is 10.4. The first-order valence-corrected chi connectivity index (χ1v) is 19.1. The highest BCUT2D eigenvalue weighted by Crippen LogP contribution is 2.35. The van der Waals surface area contributed by atoms with Crippen molar-refractivity contribution in [3.63, 3.8) is 0 Å². The lowest BCUT2D eigenvalue weighted by Gasteiger charge is -2.44. The van der Waals surface area contributed by atoms with Gasteiger partial charge in [0.25, 0.3) is 0 Å². The lowest BCUT2D eigenvalue weighted by Crippen LogP contribution is -2.49. The van der Waals surface area contributed by atoms with Crippen LogP contribution in [0.1, 0.15) is 119 Å². The summed E-state index contributed by atoms with van der Waals surface area (Å²) < 4.78 is 53.5. The number of halogens is 2. The largest absolute Gasteiger partial charge is 0.308 e. The Balaban J connectivity index is 2.37. The van der Waals surface area contributed by atoms with Gasteiger partial charge in [-0.1, -0.05) is 45.4 Å². The lowest BCUT2D eigenvalue weighted by atomic mass is 9.86. The van der Waals surface area contributed by atoms with E-state index in [0.717, 1.165) is 59.7 Å². The Labute approximate surface area is 276 Å². The Morgan fingerprint density at radius 3 is 2.28 bits per heavy atom. The second-order valence-electron chi connectivity index (χ2n) is 13.4. The molecule has 0 saturated heterocycles. The van der Waals surface area contributed by atoms with Gasteiger partial charge in [0, 0.05) is 37.4 Å². The molecule has 0 aromatic heterocycles. The summed E-state index contributed by atoms with van der Waals surface area (Å²) in [5.74, 6) is -0.0449. The van der Waals surface area contributed by atoms with E-state index in [9.17, 15) is 13.2 Å². The molecule has 0 radical (unpaired) electrons. The van der Waals surface area contributed by atoms with Gasteiger partial charge in [-0.05, 0) is 124 Å². The van der Waals surface area contributed by atoms with E-state index in [-0.39, 0.29) is 22.8 Å². The number of nitrogens with one attached hydrogen (secondary N) is 2. The number of aliphatic imine (C=N–C) groups is 1. The third-order valence-electron chi connectivity index (χ3n) is 9.67. The van der Waals surface area contributed by atoms with Crippen LogP contribution in [0.15, 0.2) is 41.4 Å². The molecular weight excluding hydrogens is 602 g/mol. The summed E-state index contributed by atoms with van der Waals surface area (Å²) in [6.45, 7) is 13.0. The monoisotopic (exact) mass is 660 g/mol. The van der Waals surface area contributed by atoms with Crippen molar-refractivity contribution in [2.75, 3.05) is 26.4 Å². The maximum Gasteiger partial charge on any atom is 0.155 e. The molecule has 3 N–H and O–H groups in total. The molecule has 0 aliphatic heterocycles. The fourth-order valence-corrected chi connectivity index (χ4v) is 8.35. The first-order chi connectivity index (χ1) is 21.5. The van der Waals surface area contributed by atoms with E-state index in [2.05, 4.69) is 42.8 Å². The molecule has 0 aliphatic rings. The van der Waals surface area contributed by atoms with E-state index in [4.69, 9.17) is 10.8 Å². The summed E-state index contributed by atoms with van der Waals surface area (Å²) in [5, 5.41) is 15.2. The van der Waals surface area contributed by atoms with Crippen LogP contribution >= 0.6 is 0 Å². The van der Waals surface area contributed by atoms with Gasteiger partial charge in [-0.15, -0.1) is 9.35 Å². The topological polar surface area (TPSA) is 101 Å². The Morgan fingerprint density at radius 1 is 1.09 bits per heavy atom. The van der Waals surface area contributed by atoms with Crippen LogP contribution in [-0.2, 0) is 15.8 Å². The molecule has 0 amide bonds. The highest BCUT2D eigenvalue weighted by molar-refractivity contribution is 8.29. The normalized spacial score (nSPS) is 16.7. The Kier molecular flexibility index (Phi) is 14.6. The molecular formula is C37H58F2N4O2S. The van der Waals surface area contributed by atoms with Crippen LogP contribution in [-0.4, -0.2) is 68.4 Å². The fraction of sp³-hybridized carbons (Fsp3) is 0.595. The molecule has 0 saturated carbocycles. The minimum Gasteiger partial charge on any atom is -0.308 e. The number of benzene rings is 2. The van der Waals surface area contributed by atoms with Gasteiger partial charge in [-0.25, -0.2) is 13.0 Å². The summed E-state index contributed by atoms with van der Waals surface area (Å²) in [7, 11) is -2.87. The zero-order valence-corrected chi connectivity index (χ0v) is 30.2. The molecule has 2 aromatic carbocycles. The average molecular weight is 661 g/mol. The smallest absolute Gasteiger partial charge is 0.155 e. The third-order valence-corrected chi connectivity index (χ3v) is 13.1. The van der Waals surface area contributed by atoms with Crippen molar-refractivity contribution < 1.29 is 17.5 Å². The van der Waals surface area contributed by atoms with Gasteiger partial charge in [-0.2, -0.15) is 0 Å². The van der Waals surface area contributed by atoms with Gasteiger partial charge in [0.1, 0.15) is 11.5 Å². The lowest BCUT2D eigenvalue weighted by molar-refractivity contribution is 0.109. The van der Waals surface area contributed by atoms with Crippen LogP contribution in [0.2, 0.25) is 0 Å². The predicted octanol–water partition coefficient (Wildman–Crippen LogP) is 9.31. The SMILES string of the molecule is CCCC(C)(F)CCN(CCCC(C)S(C)(=O)(O)C(C=N)=NC)C(CC)c1cc(C=N)c([C@@H](C)CCc2ccc(F)cc2)cc1C. The number of rotatable bonds is 19. The van der Waals surface area contributed by atoms with Gasteiger partial charge in [0.2, 0.25) is 0 Å².